The maximum Gasteiger partial charge on any atom is 0.307 e. The van der Waals surface area contributed by atoms with Gasteiger partial charge in [-0.25, -0.2) is 8.42 Å². The van der Waals surface area contributed by atoms with Gasteiger partial charge in [-0.1, -0.05) is 37.3 Å². The van der Waals surface area contributed by atoms with Crippen LogP contribution < -0.4 is 0 Å². The fourth-order valence-electron chi connectivity index (χ4n) is 2.03. The van der Waals surface area contributed by atoms with Crippen LogP contribution in [0.25, 0.3) is 10.8 Å². The van der Waals surface area contributed by atoms with Crippen molar-refractivity contribution in [2.45, 2.75) is 24.0 Å². The van der Waals surface area contributed by atoms with Crippen molar-refractivity contribution in [3.63, 3.8) is 0 Å². The van der Waals surface area contributed by atoms with Gasteiger partial charge in [-0.3, -0.25) is 4.79 Å². The van der Waals surface area contributed by atoms with E-state index in [4.69, 9.17) is 5.11 Å². The standard InChI is InChI=1S/C15H16O4S/c1-10(15(16)17)11(2)20(18,19)14-8-7-12-5-3-4-6-13(12)9-14/h3-11H,1-2H3,(H,16,17). The molecule has 0 radical (unpaired) electrons. The third-order valence-electron chi connectivity index (χ3n) is 3.63. The van der Waals surface area contributed by atoms with Gasteiger partial charge in [0.1, 0.15) is 0 Å². The van der Waals surface area contributed by atoms with E-state index in [1.807, 2.05) is 24.3 Å². The first kappa shape index (κ1) is 14.5. The lowest BCUT2D eigenvalue weighted by Crippen LogP contribution is -2.30. The fraction of sp³-hybridized carbons (Fsp3) is 0.267. The summed E-state index contributed by atoms with van der Waals surface area (Å²) < 4.78 is 24.9. The van der Waals surface area contributed by atoms with Crippen molar-refractivity contribution in [3.05, 3.63) is 42.5 Å². The number of hydrogen-bond donors (Lipinski definition) is 1. The number of rotatable bonds is 4. The van der Waals surface area contributed by atoms with E-state index in [1.165, 1.54) is 19.9 Å². The van der Waals surface area contributed by atoms with E-state index in [0.717, 1.165) is 10.8 Å². The molecule has 2 aromatic carbocycles. The Morgan fingerprint density at radius 3 is 2.25 bits per heavy atom. The molecule has 1 N–H and O–H groups in total. The van der Waals surface area contributed by atoms with Crippen molar-refractivity contribution in [1.29, 1.82) is 0 Å². The van der Waals surface area contributed by atoms with Gasteiger partial charge in [0.25, 0.3) is 0 Å². The first-order valence-corrected chi connectivity index (χ1v) is 7.84. The lowest BCUT2D eigenvalue weighted by molar-refractivity contribution is -0.141. The molecule has 106 valence electrons. The van der Waals surface area contributed by atoms with E-state index in [9.17, 15) is 13.2 Å². The van der Waals surface area contributed by atoms with Crippen LogP contribution in [0.3, 0.4) is 0 Å². The first-order valence-electron chi connectivity index (χ1n) is 6.29. The molecular weight excluding hydrogens is 276 g/mol. The van der Waals surface area contributed by atoms with Crippen LogP contribution in [0.1, 0.15) is 13.8 Å². The minimum atomic E-state index is -3.66. The zero-order chi connectivity index (χ0) is 14.9. The Hall–Kier alpha value is -1.88. The van der Waals surface area contributed by atoms with Crippen molar-refractivity contribution >= 4 is 26.6 Å². The summed E-state index contributed by atoms with van der Waals surface area (Å²) in [5.41, 5.74) is 0. The largest absolute Gasteiger partial charge is 0.481 e. The molecule has 0 aromatic heterocycles. The van der Waals surface area contributed by atoms with Gasteiger partial charge in [-0.05, 0) is 29.8 Å². The highest BCUT2D eigenvalue weighted by molar-refractivity contribution is 7.92. The summed E-state index contributed by atoms with van der Waals surface area (Å²) in [7, 11) is -3.66. The Bertz CT molecular complexity index is 749. The van der Waals surface area contributed by atoms with Crippen LogP contribution in [0.4, 0.5) is 0 Å². The Kier molecular flexibility index (Phi) is 3.81. The Morgan fingerprint density at radius 1 is 1.05 bits per heavy atom. The van der Waals surface area contributed by atoms with Gasteiger partial charge in [-0.2, -0.15) is 0 Å². The van der Waals surface area contributed by atoms with E-state index in [-0.39, 0.29) is 4.90 Å². The highest BCUT2D eigenvalue weighted by Gasteiger charge is 2.32. The smallest absolute Gasteiger partial charge is 0.307 e. The minimum absolute atomic E-state index is 0.164. The zero-order valence-corrected chi connectivity index (χ0v) is 12.1. The van der Waals surface area contributed by atoms with E-state index >= 15 is 0 Å². The number of carboxylic acids is 1. The third-order valence-corrected chi connectivity index (χ3v) is 5.93. The number of aliphatic carboxylic acids is 1. The first-order chi connectivity index (χ1) is 9.34. The van der Waals surface area contributed by atoms with E-state index in [1.54, 1.807) is 12.1 Å². The predicted molar refractivity (Wildman–Crippen MR) is 77.4 cm³/mol. The minimum Gasteiger partial charge on any atom is -0.481 e. The number of fused-ring (bicyclic) bond motifs is 1. The molecule has 2 atom stereocenters. The number of sulfone groups is 1. The van der Waals surface area contributed by atoms with E-state index in [0.29, 0.717) is 0 Å². The molecule has 2 aromatic rings. The second kappa shape index (κ2) is 5.25. The molecule has 0 amide bonds. The van der Waals surface area contributed by atoms with Crippen molar-refractivity contribution < 1.29 is 18.3 Å². The molecule has 0 aliphatic rings. The lowest BCUT2D eigenvalue weighted by atomic mass is 10.1. The molecule has 2 unspecified atom stereocenters. The van der Waals surface area contributed by atoms with Gasteiger partial charge in [0.2, 0.25) is 0 Å². The molecule has 0 aliphatic carbocycles. The number of carbonyl (C=O) groups is 1. The van der Waals surface area contributed by atoms with E-state index in [2.05, 4.69) is 0 Å². The summed E-state index contributed by atoms with van der Waals surface area (Å²) >= 11 is 0. The molecular formula is C15H16O4S. The molecule has 0 bridgehead atoms. The molecule has 0 heterocycles. The summed E-state index contributed by atoms with van der Waals surface area (Å²) in [6.07, 6.45) is 0. The highest BCUT2D eigenvalue weighted by atomic mass is 32.2. The summed E-state index contributed by atoms with van der Waals surface area (Å²) in [4.78, 5) is 11.1. The molecule has 4 nitrogen and oxygen atoms in total. The Balaban J connectivity index is 2.49. The fourth-order valence-corrected chi connectivity index (χ4v) is 3.66. The summed E-state index contributed by atoms with van der Waals surface area (Å²) in [6, 6.07) is 12.3. The molecule has 0 aliphatic heterocycles. The SMILES string of the molecule is CC(C(=O)O)C(C)S(=O)(=O)c1ccc2ccccc2c1. The Labute approximate surface area is 118 Å². The van der Waals surface area contributed by atoms with Crippen LogP contribution in [-0.2, 0) is 14.6 Å². The normalized spacial score (nSPS) is 14.9. The molecule has 0 fully saturated rings. The van der Waals surface area contributed by atoms with Crippen LogP contribution in [0.15, 0.2) is 47.4 Å². The number of carboxylic acid groups (broad SMARTS) is 1. The summed E-state index contributed by atoms with van der Waals surface area (Å²) in [5, 5.41) is 9.77. The third kappa shape index (κ3) is 2.54. The van der Waals surface area contributed by atoms with Gasteiger partial charge in [-0.15, -0.1) is 0 Å². The van der Waals surface area contributed by atoms with Crippen molar-refractivity contribution in [2.24, 2.45) is 5.92 Å². The lowest BCUT2D eigenvalue weighted by Gasteiger charge is -2.17. The van der Waals surface area contributed by atoms with Crippen LogP contribution in [0.2, 0.25) is 0 Å². The van der Waals surface area contributed by atoms with Gasteiger partial charge >= 0.3 is 5.97 Å². The molecule has 0 saturated carbocycles. The predicted octanol–water partition coefficient (Wildman–Crippen LogP) is 2.72. The monoisotopic (exact) mass is 292 g/mol. The number of benzene rings is 2. The van der Waals surface area contributed by atoms with Crippen molar-refractivity contribution in [3.8, 4) is 0 Å². The van der Waals surface area contributed by atoms with Crippen LogP contribution in [-0.4, -0.2) is 24.7 Å². The average molecular weight is 292 g/mol. The molecule has 5 heteroatoms. The Morgan fingerprint density at radius 2 is 1.65 bits per heavy atom. The topological polar surface area (TPSA) is 71.4 Å². The average Bonchev–Trinajstić information content (AvgIpc) is 2.44. The van der Waals surface area contributed by atoms with Crippen molar-refractivity contribution in [1.82, 2.24) is 0 Å². The molecule has 20 heavy (non-hydrogen) atoms. The van der Waals surface area contributed by atoms with Gasteiger partial charge in [0.15, 0.2) is 9.84 Å². The maximum absolute atomic E-state index is 12.5. The van der Waals surface area contributed by atoms with Crippen molar-refractivity contribution in [2.75, 3.05) is 0 Å². The van der Waals surface area contributed by atoms with Gasteiger partial charge in [0.05, 0.1) is 16.1 Å². The van der Waals surface area contributed by atoms with E-state index < -0.39 is 27.0 Å². The quantitative estimate of drug-likeness (QED) is 0.940. The van der Waals surface area contributed by atoms with Crippen LogP contribution >= 0.6 is 0 Å². The second-order valence-electron chi connectivity index (χ2n) is 4.89. The number of hydrogen-bond acceptors (Lipinski definition) is 3. The second-order valence-corrected chi connectivity index (χ2v) is 7.19. The molecule has 0 saturated heterocycles. The molecule has 0 spiro atoms. The maximum atomic E-state index is 12.5. The molecule has 2 rings (SSSR count). The van der Waals surface area contributed by atoms with Gasteiger partial charge < -0.3 is 5.11 Å². The summed E-state index contributed by atoms with van der Waals surface area (Å²) in [6.45, 7) is 2.84. The summed E-state index contributed by atoms with van der Waals surface area (Å²) in [5.74, 6) is -2.06. The van der Waals surface area contributed by atoms with Crippen LogP contribution in [0.5, 0.6) is 0 Å². The van der Waals surface area contributed by atoms with Crippen LogP contribution in [0, 0.1) is 5.92 Å². The zero-order valence-electron chi connectivity index (χ0n) is 11.3. The van der Waals surface area contributed by atoms with Gasteiger partial charge in [0, 0.05) is 0 Å². The highest BCUT2D eigenvalue weighted by Crippen LogP contribution is 2.25.